The zero-order valence-corrected chi connectivity index (χ0v) is 13.9. The molecule has 0 aromatic rings. The van der Waals surface area contributed by atoms with E-state index in [9.17, 15) is 28.8 Å². The average molecular weight is 359 g/mol. The molecule has 11 heteroatoms. The monoisotopic (exact) mass is 359 g/mol. The van der Waals surface area contributed by atoms with Crippen LogP contribution in [0.2, 0.25) is 0 Å². The summed E-state index contributed by atoms with van der Waals surface area (Å²) >= 11 is 0. The van der Waals surface area contributed by atoms with Crippen molar-refractivity contribution < 1.29 is 39.0 Å². The van der Waals surface area contributed by atoms with Crippen molar-refractivity contribution in [1.29, 1.82) is 5.26 Å². The molecule has 2 amide bonds. The van der Waals surface area contributed by atoms with Crippen LogP contribution in [0, 0.1) is 11.3 Å². The quantitative estimate of drug-likeness (QED) is 0.342. The van der Waals surface area contributed by atoms with Gasteiger partial charge in [0.15, 0.2) is 0 Å². The number of nitrogens with two attached hydrogens (primary N) is 2. The molecular formula is C14H21N3O8. The number of hydrogen-bond acceptors (Lipinski definition) is 7. The Hall–Kier alpha value is -3.55. The van der Waals surface area contributed by atoms with Crippen LogP contribution in [0.5, 0.6) is 0 Å². The van der Waals surface area contributed by atoms with E-state index in [1.54, 1.807) is 0 Å². The zero-order valence-electron chi connectivity index (χ0n) is 13.9. The third kappa shape index (κ3) is 78.0. The summed E-state index contributed by atoms with van der Waals surface area (Å²) in [6.07, 6.45) is 0.153. The number of nitriles is 1. The highest BCUT2D eigenvalue weighted by molar-refractivity contribution is 5.96. The maximum absolute atomic E-state index is 9.95. The number of ketones is 2. The Kier molecular flexibility index (Phi) is 24.1. The number of hydrogen-bond donors (Lipinski definition) is 4. The molecule has 11 nitrogen and oxygen atoms in total. The van der Waals surface area contributed by atoms with Gasteiger partial charge in [0.1, 0.15) is 18.0 Å². The normalized spacial score (nSPS) is 7.40. The van der Waals surface area contributed by atoms with E-state index in [0.717, 1.165) is 6.08 Å². The van der Waals surface area contributed by atoms with Crippen molar-refractivity contribution in [3.8, 4) is 6.07 Å². The Morgan fingerprint density at radius 1 is 0.960 bits per heavy atom. The number of carbonyl (C=O) groups is 6. The summed E-state index contributed by atoms with van der Waals surface area (Å²) in [6.45, 7) is 5.61. The molecule has 0 aromatic heterocycles. The van der Waals surface area contributed by atoms with Gasteiger partial charge in [-0.3, -0.25) is 24.0 Å². The van der Waals surface area contributed by atoms with E-state index < -0.39 is 30.2 Å². The van der Waals surface area contributed by atoms with Crippen molar-refractivity contribution in [1.82, 2.24) is 0 Å². The van der Waals surface area contributed by atoms with Gasteiger partial charge >= 0.3 is 11.9 Å². The smallest absolute Gasteiger partial charge is 0.327 e. The topological polar surface area (TPSA) is 219 Å². The Morgan fingerprint density at radius 3 is 1.24 bits per heavy atom. The molecule has 0 saturated carbocycles. The average Bonchev–Trinajstić information content (AvgIpc) is 2.37. The van der Waals surface area contributed by atoms with E-state index in [-0.39, 0.29) is 24.4 Å². The molecule has 0 aliphatic carbocycles. The van der Waals surface area contributed by atoms with E-state index in [1.165, 1.54) is 19.9 Å². The van der Waals surface area contributed by atoms with Crippen LogP contribution in [0.1, 0.15) is 33.1 Å². The summed E-state index contributed by atoms with van der Waals surface area (Å²) in [7, 11) is 0. The fourth-order valence-corrected chi connectivity index (χ4v) is 0.558. The minimum Gasteiger partial charge on any atom is -0.480 e. The summed E-state index contributed by atoms with van der Waals surface area (Å²) in [6, 6.07) is 1.47. The van der Waals surface area contributed by atoms with Crippen LogP contribution in [0.4, 0.5) is 0 Å². The Bertz CT molecular complexity index is 485. The predicted octanol–water partition coefficient (Wildman–Crippen LogP) is -0.857. The standard InChI is InChI=1S/2C4H7NO2.C3H3NO2.C3H4O2/c2*1-3(6)2-4(5)7;4-2-1-3(5)6;1-2-3(4)5/h2*2H2,1H3,(H2,5,7);1H2,(H,5,6);2H,1H2,(H,4,5). The number of primary amides is 2. The molecule has 0 aromatic carbocycles. The van der Waals surface area contributed by atoms with Crippen LogP contribution >= 0.6 is 0 Å². The van der Waals surface area contributed by atoms with Gasteiger partial charge in [0, 0.05) is 6.08 Å². The number of aliphatic carboxylic acids is 2. The molecule has 6 N–H and O–H groups in total. The van der Waals surface area contributed by atoms with Crippen molar-refractivity contribution >= 4 is 35.3 Å². The third-order valence-electron chi connectivity index (χ3n) is 1.25. The fraction of sp³-hybridized carbons (Fsp3) is 0.357. The fourth-order valence-electron chi connectivity index (χ4n) is 0.558. The predicted molar refractivity (Wildman–Crippen MR) is 84.7 cm³/mol. The summed E-state index contributed by atoms with van der Waals surface area (Å²) in [5.41, 5.74) is 9.27. The number of carboxylic acids is 2. The van der Waals surface area contributed by atoms with Crippen LogP contribution in [0.25, 0.3) is 0 Å². The summed E-state index contributed by atoms with van der Waals surface area (Å²) in [5.74, 6) is -3.55. The van der Waals surface area contributed by atoms with Crippen LogP contribution in [0.3, 0.4) is 0 Å². The number of carbonyl (C=O) groups excluding carboxylic acids is 4. The zero-order chi connectivity index (χ0) is 21.0. The Morgan fingerprint density at radius 2 is 1.24 bits per heavy atom. The van der Waals surface area contributed by atoms with Crippen molar-refractivity contribution in [3.63, 3.8) is 0 Å². The molecule has 0 spiro atoms. The molecule has 140 valence electrons. The molecule has 0 unspecified atom stereocenters. The van der Waals surface area contributed by atoms with Crippen LogP contribution in [0.15, 0.2) is 12.7 Å². The van der Waals surface area contributed by atoms with E-state index in [4.69, 9.17) is 15.5 Å². The largest absolute Gasteiger partial charge is 0.480 e. The lowest BCUT2D eigenvalue weighted by atomic mass is 10.3. The maximum atomic E-state index is 9.95. The summed E-state index contributed by atoms with van der Waals surface area (Å²) in [4.78, 5) is 58.2. The van der Waals surface area contributed by atoms with Crippen molar-refractivity contribution in [2.24, 2.45) is 11.5 Å². The number of Topliss-reactive ketones (excluding diaryl/α,β-unsaturated/α-hetero) is 2. The molecule has 0 aliphatic heterocycles. The lowest BCUT2D eigenvalue weighted by Gasteiger charge is -1.82. The molecule has 0 aliphatic rings. The second-order valence-corrected chi connectivity index (χ2v) is 3.96. The van der Waals surface area contributed by atoms with Gasteiger partial charge in [-0.05, 0) is 13.8 Å². The molecule has 0 bridgehead atoms. The van der Waals surface area contributed by atoms with E-state index in [2.05, 4.69) is 18.0 Å². The number of amides is 2. The molecule has 0 rings (SSSR count). The number of carboxylic acid groups (broad SMARTS) is 2. The van der Waals surface area contributed by atoms with E-state index in [1.807, 2.05) is 0 Å². The van der Waals surface area contributed by atoms with Crippen molar-refractivity contribution in [2.45, 2.75) is 33.1 Å². The molecule has 0 saturated heterocycles. The first-order valence-corrected chi connectivity index (χ1v) is 6.29. The summed E-state index contributed by atoms with van der Waals surface area (Å²) in [5, 5.41) is 22.9. The minimum absolute atomic E-state index is 0.139. The molecule has 25 heavy (non-hydrogen) atoms. The molecule has 0 radical (unpaired) electrons. The van der Waals surface area contributed by atoms with Gasteiger partial charge in [-0.2, -0.15) is 5.26 Å². The van der Waals surface area contributed by atoms with Gasteiger partial charge in [-0.25, -0.2) is 4.79 Å². The van der Waals surface area contributed by atoms with Crippen molar-refractivity contribution in [3.05, 3.63) is 12.7 Å². The molecule has 0 fully saturated rings. The summed E-state index contributed by atoms with van der Waals surface area (Å²) < 4.78 is 0. The Balaban J connectivity index is -0.000000119. The number of nitrogens with zero attached hydrogens (tertiary/aromatic N) is 1. The molecule has 0 atom stereocenters. The first-order chi connectivity index (χ1) is 11.3. The second-order valence-electron chi connectivity index (χ2n) is 3.96. The van der Waals surface area contributed by atoms with Gasteiger partial charge in [0.2, 0.25) is 11.8 Å². The Labute approximate surface area is 143 Å². The first-order valence-electron chi connectivity index (χ1n) is 6.29. The van der Waals surface area contributed by atoms with E-state index in [0.29, 0.717) is 0 Å². The van der Waals surface area contributed by atoms with Gasteiger partial charge in [-0.15, -0.1) is 0 Å². The van der Waals surface area contributed by atoms with Gasteiger partial charge in [-0.1, -0.05) is 6.58 Å². The highest BCUT2D eigenvalue weighted by atomic mass is 16.4. The highest BCUT2D eigenvalue weighted by Crippen LogP contribution is 1.75. The SMILES string of the molecule is C=CC(=O)O.CC(=O)CC(N)=O.CC(=O)CC(N)=O.N#CCC(=O)O. The lowest BCUT2D eigenvalue weighted by Crippen LogP contribution is -2.13. The van der Waals surface area contributed by atoms with Crippen LogP contribution < -0.4 is 11.5 Å². The minimum atomic E-state index is -1.07. The van der Waals surface area contributed by atoms with Crippen molar-refractivity contribution in [2.75, 3.05) is 0 Å². The number of rotatable bonds is 6. The molecule has 0 heterocycles. The van der Waals surface area contributed by atoms with Gasteiger partial charge in [0.25, 0.3) is 0 Å². The van der Waals surface area contributed by atoms with Crippen LogP contribution in [-0.2, 0) is 28.8 Å². The van der Waals surface area contributed by atoms with Crippen LogP contribution in [-0.4, -0.2) is 45.5 Å². The maximum Gasteiger partial charge on any atom is 0.327 e. The first kappa shape index (κ1) is 29.5. The highest BCUT2D eigenvalue weighted by Gasteiger charge is 1.96. The van der Waals surface area contributed by atoms with Gasteiger partial charge in [0.05, 0.1) is 18.9 Å². The molecular weight excluding hydrogens is 338 g/mol. The van der Waals surface area contributed by atoms with E-state index >= 15 is 0 Å². The second kappa shape index (κ2) is 20.5. The lowest BCUT2D eigenvalue weighted by molar-refractivity contribution is -0.136. The third-order valence-corrected chi connectivity index (χ3v) is 1.25. The van der Waals surface area contributed by atoms with Gasteiger partial charge < -0.3 is 21.7 Å².